The van der Waals surface area contributed by atoms with Crippen molar-refractivity contribution in [2.24, 2.45) is 0 Å². The van der Waals surface area contributed by atoms with Gasteiger partial charge in [-0.25, -0.2) is 0 Å². The van der Waals surface area contributed by atoms with E-state index in [1.807, 2.05) is 92.3 Å². The molecule has 0 fully saturated rings. The second-order valence-corrected chi connectivity index (χ2v) is 7.12. The molecule has 0 aliphatic carbocycles. The van der Waals surface area contributed by atoms with Gasteiger partial charge in [-0.05, 0) is 62.4 Å². The van der Waals surface area contributed by atoms with Crippen molar-refractivity contribution >= 4 is 17.3 Å². The molecule has 0 aliphatic rings. The predicted octanol–water partition coefficient (Wildman–Crippen LogP) is 4.78. The Morgan fingerprint density at radius 1 is 1.04 bits per heavy atom. The number of aryl methyl sites for hydroxylation is 2. The minimum absolute atomic E-state index is 0.0461. The molecule has 5 heteroatoms. The first-order valence-electron chi connectivity index (χ1n) is 9.51. The minimum atomic E-state index is -0.169. The van der Waals surface area contributed by atoms with E-state index in [9.17, 15) is 4.79 Å². The fourth-order valence-corrected chi connectivity index (χ4v) is 3.22. The highest BCUT2D eigenvalue weighted by molar-refractivity contribution is 5.94. The molecule has 28 heavy (non-hydrogen) atoms. The molecule has 0 spiro atoms. The molecule has 1 aromatic carbocycles. The first kappa shape index (κ1) is 19.7. The Kier molecular flexibility index (Phi) is 6.14. The maximum absolute atomic E-state index is 13.2. The summed E-state index contributed by atoms with van der Waals surface area (Å²) >= 11 is 0. The molecule has 0 N–H and O–H groups in total. The zero-order valence-corrected chi connectivity index (χ0v) is 16.9. The summed E-state index contributed by atoms with van der Waals surface area (Å²) in [6, 6.07) is 17.5. The van der Waals surface area contributed by atoms with E-state index in [1.54, 1.807) is 6.20 Å². The largest absolute Gasteiger partial charge is 0.466 e. The Bertz CT molecular complexity index is 901. The van der Waals surface area contributed by atoms with Crippen molar-refractivity contribution in [3.05, 3.63) is 78.0 Å². The number of pyridine rings is 1. The van der Waals surface area contributed by atoms with Crippen molar-refractivity contribution < 1.29 is 9.21 Å². The molecule has 5 nitrogen and oxygen atoms in total. The second kappa shape index (κ2) is 8.74. The maximum Gasteiger partial charge on any atom is 0.228 e. The molecular weight excluding hydrogens is 350 g/mol. The standard InChI is InChI=1S/C23H27N3O2/c1-17-8-13-21(28-17)14-15-23(27)26(18(2)22-7-5-6-16-24-22)20-11-9-19(10-12-20)25(3)4/h5-13,16,18H,14-15H2,1-4H3/t18-/m1/s1. The van der Waals surface area contributed by atoms with Crippen molar-refractivity contribution in [1.82, 2.24) is 4.98 Å². The number of rotatable bonds is 7. The number of hydrogen-bond acceptors (Lipinski definition) is 4. The van der Waals surface area contributed by atoms with Gasteiger partial charge >= 0.3 is 0 Å². The molecule has 0 radical (unpaired) electrons. The lowest BCUT2D eigenvalue weighted by molar-refractivity contribution is -0.119. The van der Waals surface area contributed by atoms with Crippen LogP contribution in [-0.4, -0.2) is 25.0 Å². The van der Waals surface area contributed by atoms with Gasteiger partial charge in [0, 0.05) is 44.5 Å². The number of carbonyl (C=O) groups excluding carboxylic acids is 1. The highest BCUT2D eigenvalue weighted by Gasteiger charge is 2.24. The van der Waals surface area contributed by atoms with Crippen molar-refractivity contribution in [2.45, 2.75) is 32.7 Å². The molecule has 3 rings (SSSR count). The predicted molar refractivity (Wildman–Crippen MR) is 113 cm³/mol. The van der Waals surface area contributed by atoms with Crippen LogP contribution < -0.4 is 9.80 Å². The minimum Gasteiger partial charge on any atom is -0.466 e. The molecule has 1 atom stereocenters. The number of nitrogens with zero attached hydrogens (tertiary/aromatic N) is 3. The summed E-state index contributed by atoms with van der Waals surface area (Å²) in [5.41, 5.74) is 2.82. The number of aromatic nitrogens is 1. The smallest absolute Gasteiger partial charge is 0.228 e. The van der Waals surface area contributed by atoms with E-state index < -0.39 is 0 Å². The lowest BCUT2D eigenvalue weighted by Gasteiger charge is -2.29. The van der Waals surface area contributed by atoms with E-state index in [1.165, 1.54) is 0 Å². The number of carbonyl (C=O) groups is 1. The SMILES string of the molecule is Cc1ccc(CCC(=O)N(c2ccc(N(C)C)cc2)[C@H](C)c2ccccn2)o1. The number of hydrogen-bond donors (Lipinski definition) is 0. The van der Waals surface area contributed by atoms with Gasteiger partial charge in [0.15, 0.2) is 0 Å². The van der Waals surface area contributed by atoms with Crippen LogP contribution in [0, 0.1) is 6.92 Å². The fraction of sp³-hybridized carbons (Fsp3) is 0.304. The lowest BCUT2D eigenvalue weighted by atomic mass is 10.1. The van der Waals surface area contributed by atoms with Gasteiger partial charge in [0.1, 0.15) is 11.5 Å². The highest BCUT2D eigenvalue weighted by Crippen LogP contribution is 2.29. The summed E-state index contributed by atoms with van der Waals surface area (Å²) in [6.07, 6.45) is 2.71. The average Bonchev–Trinajstić information content (AvgIpc) is 3.13. The van der Waals surface area contributed by atoms with Crippen LogP contribution >= 0.6 is 0 Å². The number of furan rings is 1. The van der Waals surface area contributed by atoms with Crippen LogP contribution in [0.5, 0.6) is 0 Å². The number of anilines is 2. The van der Waals surface area contributed by atoms with Gasteiger partial charge in [-0.2, -0.15) is 0 Å². The summed E-state index contributed by atoms with van der Waals surface area (Å²) < 4.78 is 5.62. The maximum atomic E-state index is 13.2. The van der Waals surface area contributed by atoms with E-state index in [4.69, 9.17) is 4.42 Å². The van der Waals surface area contributed by atoms with E-state index >= 15 is 0 Å². The lowest BCUT2D eigenvalue weighted by Crippen LogP contribution is -2.34. The van der Waals surface area contributed by atoms with Crippen LogP contribution in [0.4, 0.5) is 11.4 Å². The van der Waals surface area contributed by atoms with Crippen LogP contribution in [-0.2, 0) is 11.2 Å². The van der Waals surface area contributed by atoms with E-state index in [2.05, 4.69) is 4.98 Å². The molecule has 3 aromatic rings. The van der Waals surface area contributed by atoms with Crippen LogP contribution in [0.3, 0.4) is 0 Å². The van der Waals surface area contributed by atoms with Crippen LogP contribution in [0.1, 0.15) is 36.6 Å². The van der Waals surface area contributed by atoms with Crippen molar-refractivity contribution in [3.63, 3.8) is 0 Å². The monoisotopic (exact) mass is 377 g/mol. The Morgan fingerprint density at radius 3 is 2.32 bits per heavy atom. The molecule has 146 valence electrons. The van der Waals surface area contributed by atoms with E-state index in [0.717, 1.165) is 28.6 Å². The molecular formula is C23H27N3O2. The zero-order valence-electron chi connectivity index (χ0n) is 16.9. The van der Waals surface area contributed by atoms with Crippen molar-refractivity contribution in [2.75, 3.05) is 23.9 Å². The summed E-state index contributed by atoms with van der Waals surface area (Å²) in [6.45, 7) is 3.92. The average molecular weight is 377 g/mol. The number of amides is 1. The Morgan fingerprint density at radius 2 is 1.75 bits per heavy atom. The summed E-state index contributed by atoms with van der Waals surface area (Å²) in [7, 11) is 4.00. The summed E-state index contributed by atoms with van der Waals surface area (Å²) in [4.78, 5) is 21.5. The number of benzene rings is 1. The van der Waals surface area contributed by atoms with E-state index in [-0.39, 0.29) is 11.9 Å². The van der Waals surface area contributed by atoms with Crippen LogP contribution in [0.2, 0.25) is 0 Å². The first-order chi connectivity index (χ1) is 13.5. The van der Waals surface area contributed by atoms with Gasteiger partial charge in [0.05, 0.1) is 11.7 Å². The van der Waals surface area contributed by atoms with E-state index in [0.29, 0.717) is 12.8 Å². The Labute approximate surface area is 166 Å². The molecule has 0 saturated carbocycles. The van der Waals surface area contributed by atoms with Crippen LogP contribution in [0.15, 0.2) is 65.2 Å². The fourth-order valence-electron chi connectivity index (χ4n) is 3.22. The topological polar surface area (TPSA) is 49.6 Å². The third-order valence-electron chi connectivity index (χ3n) is 4.80. The molecule has 1 amide bonds. The third-order valence-corrected chi connectivity index (χ3v) is 4.80. The van der Waals surface area contributed by atoms with Crippen molar-refractivity contribution in [1.29, 1.82) is 0 Å². The van der Waals surface area contributed by atoms with Gasteiger partial charge in [0.2, 0.25) is 5.91 Å². The van der Waals surface area contributed by atoms with Gasteiger partial charge in [-0.1, -0.05) is 6.07 Å². The first-order valence-corrected chi connectivity index (χ1v) is 9.51. The van der Waals surface area contributed by atoms with Gasteiger partial charge < -0.3 is 14.2 Å². The van der Waals surface area contributed by atoms with Gasteiger partial charge in [-0.15, -0.1) is 0 Å². The van der Waals surface area contributed by atoms with Crippen LogP contribution in [0.25, 0.3) is 0 Å². The quantitative estimate of drug-likeness (QED) is 0.595. The second-order valence-electron chi connectivity index (χ2n) is 7.12. The zero-order chi connectivity index (χ0) is 20.1. The Balaban J connectivity index is 1.85. The van der Waals surface area contributed by atoms with Gasteiger partial charge in [-0.3, -0.25) is 9.78 Å². The highest BCUT2D eigenvalue weighted by atomic mass is 16.3. The molecule has 0 unspecified atom stereocenters. The molecule has 0 saturated heterocycles. The summed E-state index contributed by atoms with van der Waals surface area (Å²) in [5, 5.41) is 0. The molecule has 2 aromatic heterocycles. The molecule has 2 heterocycles. The van der Waals surface area contributed by atoms with Gasteiger partial charge in [0.25, 0.3) is 0 Å². The third kappa shape index (κ3) is 4.60. The Hall–Kier alpha value is -3.08. The summed E-state index contributed by atoms with van der Waals surface area (Å²) in [5.74, 6) is 1.74. The molecule has 0 bridgehead atoms. The molecule has 0 aliphatic heterocycles. The normalized spacial score (nSPS) is 11.9. The van der Waals surface area contributed by atoms with Crippen molar-refractivity contribution in [3.8, 4) is 0 Å².